The molecule has 0 saturated carbocycles. The molecule has 1 aliphatic heterocycles. The van der Waals surface area contributed by atoms with Gasteiger partial charge in [0.2, 0.25) is 0 Å². The molecule has 15 heavy (non-hydrogen) atoms. The lowest BCUT2D eigenvalue weighted by atomic mass is 10.2. The van der Waals surface area contributed by atoms with Gasteiger partial charge in [0.1, 0.15) is 0 Å². The summed E-state index contributed by atoms with van der Waals surface area (Å²) in [7, 11) is 1.78. The second kappa shape index (κ2) is 4.02. The average Bonchev–Trinajstić information content (AvgIpc) is 2.84. The Balaban J connectivity index is 2.13. The molecule has 0 radical (unpaired) electrons. The lowest BCUT2D eigenvalue weighted by Gasteiger charge is -2.22. The highest BCUT2D eigenvalue weighted by Crippen LogP contribution is 2.19. The molecule has 5 nitrogen and oxygen atoms in total. The highest BCUT2D eigenvalue weighted by atomic mass is 16.3. The molecule has 0 spiro atoms. The van der Waals surface area contributed by atoms with E-state index in [0.717, 1.165) is 19.4 Å². The third-order valence-electron chi connectivity index (χ3n) is 2.80. The molecule has 1 aromatic rings. The van der Waals surface area contributed by atoms with Crippen molar-refractivity contribution < 1.29 is 9.90 Å². The summed E-state index contributed by atoms with van der Waals surface area (Å²) >= 11 is 0. The first-order chi connectivity index (χ1) is 7.22. The molecule has 0 unspecified atom stereocenters. The zero-order valence-corrected chi connectivity index (χ0v) is 8.76. The maximum absolute atomic E-state index is 12.0. The van der Waals surface area contributed by atoms with Crippen molar-refractivity contribution in [3.63, 3.8) is 0 Å². The fourth-order valence-corrected chi connectivity index (χ4v) is 1.99. The maximum Gasteiger partial charge on any atom is 0.257 e. The zero-order chi connectivity index (χ0) is 10.8. The number of aromatic nitrogens is 2. The Kier molecular flexibility index (Phi) is 2.73. The molecule has 1 fully saturated rings. The van der Waals surface area contributed by atoms with Crippen LogP contribution in [0.5, 0.6) is 0 Å². The molecule has 82 valence electrons. The van der Waals surface area contributed by atoms with E-state index in [-0.39, 0.29) is 18.6 Å². The van der Waals surface area contributed by atoms with E-state index in [1.807, 2.05) is 0 Å². The average molecular weight is 209 g/mol. The number of carbonyl (C=O) groups is 1. The number of amides is 1. The predicted octanol–water partition coefficient (Wildman–Crippen LogP) is 0.0170. The third kappa shape index (κ3) is 1.87. The Morgan fingerprint density at radius 3 is 3.13 bits per heavy atom. The Bertz CT molecular complexity index is 361. The SMILES string of the molecule is Cn1cc(C(=O)N2CCC[C@@H]2CO)cn1. The number of likely N-dealkylation sites (tertiary alicyclic amines) is 1. The number of aliphatic hydroxyl groups is 1. The molecule has 2 heterocycles. The van der Waals surface area contributed by atoms with Crippen LogP contribution in [0.4, 0.5) is 0 Å². The van der Waals surface area contributed by atoms with Gasteiger partial charge in [-0.2, -0.15) is 5.10 Å². The van der Waals surface area contributed by atoms with Gasteiger partial charge in [-0.1, -0.05) is 0 Å². The van der Waals surface area contributed by atoms with Gasteiger partial charge >= 0.3 is 0 Å². The lowest BCUT2D eigenvalue weighted by molar-refractivity contribution is 0.0677. The van der Waals surface area contributed by atoms with Crippen molar-refractivity contribution in [1.29, 1.82) is 0 Å². The van der Waals surface area contributed by atoms with Crippen LogP contribution in [-0.2, 0) is 7.05 Å². The Labute approximate surface area is 88.3 Å². The van der Waals surface area contributed by atoms with Gasteiger partial charge < -0.3 is 10.0 Å². The summed E-state index contributed by atoms with van der Waals surface area (Å²) in [4.78, 5) is 13.7. The number of aliphatic hydroxyl groups excluding tert-OH is 1. The van der Waals surface area contributed by atoms with Gasteiger partial charge in [0.25, 0.3) is 5.91 Å². The van der Waals surface area contributed by atoms with Gasteiger partial charge in [-0.15, -0.1) is 0 Å². The van der Waals surface area contributed by atoms with Gasteiger partial charge in [0.05, 0.1) is 24.4 Å². The van der Waals surface area contributed by atoms with Crippen molar-refractivity contribution in [3.05, 3.63) is 18.0 Å². The Morgan fingerprint density at radius 2 is 2.53 bits per heavy atom. The molecule has 5 heteroatoms. The summed E-state index contributed by atoms with van der Waals surface area (Å²) in [5, 5.41) is 13.1. The highest BCUT2D eigenvalue weighted by Gasteiger charge is 2.29. The van der Waals surface area contributed by atoms with Crippen LogP contribution in [0.15, 0.2) is 12.4 Å². The van der Waals surface area contributed by atoms with Crippen molar-refractivity contribution in [2.45, 2.75) is 18.9 Å². The fraction of sp³-hybridized carbons (Fsp3) is 0.600. The number of hydrogen-bond donors (Lipinski definition) is 1. The maximum atomic E-state index is 12.0. The first kappa shape index (κ1) is 10.2. The standard InChI is InChI=1S/C10H15N3O2/c1-12-6-8(5-11-12)10(15)13-4-2-3-9(13)7-14/h5-6,9,14H,2-4,7H2,1H3/t9-/m1/s1. The molecule has 1 amide bonds. The van der Waals surface area contributed by atoms with E-state index < -0.39 is 0 Å². The van der Waals surface area contributed by atoms with Gasteiger partial charge in [0.15, 0.2) is 0 Å². The second-order valence-corrected chi connectivity index (χ2v) is 3.88. The van der Waals surface area contributed by atoms with Crippen molar-refractivity contribution in [2.75, 3.05) is 13.2 Å². The normalized spacial score (nSPS) is 20.9. The summed E-state index contributed by atoms with van der Waals surface area (Å²) in [6.07, 6.45) is 5.13. The molecule has 0 bridgehead atoms. The lowest BCUT2D eigenvalue weighted by Crippen LogP contribution is -2.37. The van der Waals surface area contributed by atoms with Crippen LogP contribution in [0.2, 0.25) is 0 Å². The largest absolute Gasteiger partial charge is 0.394 e. The van der Waals surface area contributed by atoms with E-state index in [0.29, 0.717) is 5.56 Å². The minimum absolute atomic E-state index is 0.0160. The van der Waals surface area contributed by atoms with E-state index >= 15 is 0 Å². The predicted molar refractivity (Wildman–Crippen MR) is 54.4 cm³/mol. The molecule has 1 N–H and O–H groups in total. The Hall–Kier alpha value is -1.36. The molecule has 1 saturated heterocycles. The summed E-state index contributed by atoms with van der Waals surface area (Å²) in [5.41, 5.74) is 0.595. The van der Waals surface area contributed by atoms with Crippen LogP contribution < -0.4 is 0 Å². The molecule has 1 atom stereocenters. The second-order valence-electron chi connectivity index (χ2n) is 3.88. The number of nitrogens with zero attached hydrogens (tertiary/aromatic N) is 3. The fourth-order valence-electron chi connectivity index (χ4n) is 1.99. The molecule has 0 aromatic carbocycles. The topological polar surface area (TPSA) is 58.4 Å². The molecule has 1 aromatic heterocycles. The highest BCUT2D eigenvalue weighted by molar-refractivity contribution is 5.94. The minimum Gasteiger partial charge on any atom is -0.394 e. The van der Waals surface area contributed by atoms with E-state index in [1.54, 1.807) is 29.0 Å². The molecule has 0 aliphatic carbocycles. The number of rotatable bonds is 2. The van der Waals surface area contributed by atoms with Crippen LogP contribution >= 0.6 is 0 Å². The van der Waals surface area contributed by atoms with Gasteiger partial charge in [-0.05, 0) is 12.8 Å². The van der Waals surface area contributed by atoms with Crippen molar-refractivity contribution >= 4 is 5.91 Å². The number of hydrogen-bond acceptors (Lipinski definition) is 3. The summed E-state index contributed by atoms with van der Waals surface area (Å²) in [6, 6.07) is -0.0160. The first-order valence-electron chi connectivity index (χ1n) is 5.13. The quantitative estimate of drug-likeness (QED) is 0.747. The summed E-state index contributed by atoms with van der Waals surface area (Å²) in [5.74, 6) is -0.0281. The first-order valence-corrected chi connectivity index (χ1v) is 5.13. The number of carbonyl (C=O) groups excluding carboxylic acids is 1. The van der Waals surface area contributed by atoms with Gasteiger partial charge in [-0.25, -0.2) is 0 Å². The van der Waals surface area contributed by atoms with Crippen LogP contribution in [-0.4, -0.2) is 44.9 Å². The van der Waals surface area contributed by atoms with E-state index in [4.69, 9.17) is 5.11 Å². The monoisotopic (exact) mass is 209 g/mol. The van der Waals surface area contributed by atoms with Crippen LogP contribution in [0.25, 0.3) is 0 Å². The smallest absolute Gasteiger partial charge is 0.257 e. The number of aryl methyl sites for hydroxylation is 1. The van der Waals surface area contributed by atoms with E-state index in [2.05, 4.69) is 5.10 Å². The zero-order valence-electron chi connectivity index (χ0n) is 8.76. The molecular formula is C10H15N3O2. The van der Waals surface area contributed by atoms with Crippen molar-refractivity contribution in [2.24, 2.45) is 7.05 Å². The minimum atomic E-state index is -0.0281. The summed E-state index contributed by atoms with van der Waals surface area (Å²) < 4.78 is 1.61. The molecular weight excluding hydrogens is 194 g/mol. The van der Waals surface area contributed by atoms with Crippen LogP contribution in [0, 0.1) is 0 Å². The third-order valence-corrected chi connectivity index (χ3v) is 2.80. The van der Waals surface area contributed by atoms with E-state index in [9.17, 15) is 4.79 Å². The molecule has 1 aliphatic rings. The van der Waals surface area contributed by atoms with Gasteiger partial charge in [0, 0.05) is 19.8 Å². The van der Waals surface area contributed by atoms with E-state index in [1.165, 1.54) is 0 Å². The van der Waals surface area contributed by atoms with Crippen molar-refractivity contribution in [3.8, 4) is 0 Å². The van der Waals surface area contributed by atoms with Crippen LogP contribution in [0.3, 0.4) is 0 Å². The summed E-state index contributed by atoms with van der Waals surface area (Å²) in [6.45, 7) is 0.783. The Morgan fingerprint density at radius 1 is 1.73 bits per heavy atom. The van der Waals surface area contributed by atoms with Gasteiger partial charge in [-0.3, -0.25) is 9.48 Å². The van der Waals surface area contributed by atoms with Crippen LogP contribution in [0.1, 0.15) is 23.2 Å². The molecule has 2 rings (SSSR count). The van der Waals surface area contributed by atoms with Crippen molar-refractivity contribution in [1.82, 2.24) is 14.7 Å².